The molecule has 0 spiro atoms. The molecular formula is C21H25N5O. The van der Waals surface area contributed by atoms with E-state index in [1.807, 2.05) is 47.3 Å². The summed E-state index contributed by atoms with van der Waals surface area (Å²) in [4.78, 5) is 6.94. The fourth-order valence-corrected chi connectivity index (χ4v) is 3.42. The van der Waals surface area contributed by atoms with E-state index in [2.05, 4.69) is 32.4 Å². The van der Waals surface area contributed by atoms with Crippen LogP contribution >= 0.6 is 0 Å². The average Bonchev–Trinajstić information content (AvgIpc) is 3.38. The van der Waals surface area contributed by atoms with Gasteiger partial charge in [0.15, 0.2) is 0 Å². The summed E-state index contributed by atoms with van der Waals surface area (Å²) in [7, 11) is 0. The van der Waals surface area contributed by atoms with Crippen molar-refractivity contribution in [3.8, 4) is 11.3 Å². The number of rotatable bonds is 7. The summed E-state index contributed by atoms with van der Waals surface area (Å²) in [6.07, 6.45) is 4.44. The molecule has 0 saturated carbocycles. The number of pyridine rings is 1. The molecule has 2 aromatic heterocycles. The van der Waals surface area contributed by atoms with Crippen LogP contribution in [-0.4, -0.2) is 39.6 Å². The lowest BCUT2D eigenvalue weighted by Crippen LogP contribution is -2.18. The number of hydrogen-bond donors (Lipinski definition) is 2. The molecule has 3 heterocycles. The van der Waals surface area contributed by atoms with Crippen LogP contribution in [0.1, 0.15) is 18.4 Å². The number of hydrogen-bond acceptors (Lipinski definition) is 5. The lowest BCUT2D eigenvalue weighted by Gasteiger charge is -2.16. The van der Waals surface area contributed by atoms with Gasteiger partial charge in [0.2, 0.25) is 0 Å². The number of nitrogens with one attached hydrogen (secondary N) is 1. The van der Waals surface area contributed by atoms with Crippen LogP contribution in [0.5, 0.6) is 0 Å². The Kier molecular flexibility index (Phi) is 5.34. The Balaban J connectivity index is 1.46. The van der Waals surface area contributed by atoms with Crippen molar-refractivity contribution < 1.29 is 5.11 Å². The lowest BCUT2D eigenvalue weighted by atomic mass is 10.1. The van der Waals surface area contributed by atoms with Gasteiger partial charge >= 0.3 is 0 Å². The Morgan fingerprint density at radius 1 is 1.04 bits per heavy atom. The van der Waals surface area contributed by atoms with Gasteiger partial charge in [0, 0.05) is 37.5 Å². The van der Waals surface area contributed by atoms with Gasteiger partial charge in [-0.05, 0) is 24.5 Å². The molecule has 0 amide bonds. The maximum atomic E-state index is 9.34. The van der Waals surface area contributed by atoms with Crippen molar-refractivity contribution in [2.45, 2.75) is 25.9 Å². The molecule has 1 fully saturated rings. The molecule has 3 aromatic rings. The van der Waals surface area contributed by atoms with Gasteiger partial charge in [-0.25, -0.2) is 9.67 Å². The van der Waals surface area contributed by atoms with E-state index < -0.39 is 0 Å². The molecule has 0 aliphatic carbocycles. The van der Waals surface area contributed by atoms with E-state index in [0.29, 0.717) is 13.1 Å². The first kappa shape index (κ1) is 17.5. The molecule has 0 radical (unpaired) electrons. The van der Waals surface area contributed by atoms with Gasteiger partial charge in [-0.1, -0.05) is 36.4 Å². The summed E-state index contributed by atoms with van der Waals surface area (Å²) in [5.74, 6) is 1.96. The highest BCUT2D eigenvalue weighted by Gasteiger charge is 2.13. The molecule has 1 aliphatic heterocycles. The predicted molar refractivity (Wildman–Crippen MR) is 108 cm³/mol. The maximum Gasteiger partial charge on any atom is 0.128 e. The van der Waals surface area contributed by atoms with Gasteiger partial charge in [0.1, 0.15) is 11.6 Å². The van der Waals surface area contributed by atoms with Crippen molar-refractivity contribution in [3.63, 3.8) is 0 Å². The first-order chi connectivity index (χ1) is 13.3. The maximum absolute atomic E-state index is 9.34. The Labute approximate surface area is 159 Å². The van der Waals surface area contributed by atoms with E-state index in [-0.39, 0.29) is 6.61 Å². The molecule has 1 saturated heterocycles. The van der Waals surface area contributed by atoms with Crippen LogP contribution in [0, 0.1) is 0 Å². The van der Waals surface area contributed by atoms with E-state index >= 15 is 0 Å². The monoisotopic (exact) mass is 363 g/mol. The smallest absolute Gasteiger partial charge is 0.128 e. The van der Waals surface area contributed by atoms with E-state index in [4.69, 9.17) is 0 Å². The SMILES string of the molecule is OCCn1nc(-c2ccccc2)cc1NCc1ccc(N2CCCC2)nc1. The molecule has 0 unspecified atom stereocenters. The van der Waals surface area contributed by atoms with E-state index in [9.17, 15) is 5.11 Å². The van der Waals surface area contributed by atoms with Crippen LogP contribution in [0.2, 0.25) is 0 Å². The number of benzene rings is 1. The van der Waals surface area contributed by atoms with Gasteiger partial charge in [-0.15, -0.1) is 0 Å². The molecule has 1 aliphatic rings. The van der Waals surface area contributed by atoms with Gasteiger partial charge in [-0.2, -0.15) is 5.10 Å². The number of anilines is 2. The van der Waals surface area contributed by atoms with Crippen molar-refractivity contribution >= 4 is 11.6 Å². The second-order valence-corrected chi connectivity index (χ2v) is 6.80. The van der Waals surface area contributed by atoms with Crippen molar-refractivity contribution in [2.24, 2.45) is 0 Å². The molecule has 1 aromatic carbocycles. The zero-order valence-corrected chi connectivity index (χ0v) is 15.4. The Morgan fingerprint density at radius 3 is 2.56 bits per heavy atom. The number of aromatic nitrogens is 3. The fraction of sp³-hybridized carbons (Fsp3) is 0.333. The summed E-state index contributed by atoms with van der Waals surface area (Å²) in [5.41, 5.74) is 3.08. The number of nitrogens with zero attached hydrogens (tertiary/aromatic N) is 4. The van der Waals surface area contributed by atoms with Gasteiger partial charge < -0.3 is 15.3 Å². The second kappa shape index (κ2) is 8.22. The Hall–Kier alpha value is -2.86. The Bertz CT molecular complexity index is 854. The highest BCUT2D eigenvalue weighted by Crippen LogP contribution is 2.22. The third-order valence-electron chi connectivity index (χ3n) is 4.87. The number of aliphatic hydroxyl groups is 1. The first-order valence-corrected chi connectivity index (χ1v) is 9.51. The molecular weight excluding hydrogens is 338 g/mol. The number of aliphatic hydroxyl groups excluding tert-OH is 1. The minimum atomic E-state index is 0.0523. The van der Waals surface area contributed by atoms with Gasteiger partial charge in [0.05, 0.1) is 18.8 Å². The minimum absolute atomic E-state index is 0.0523. The topological polar surface area (TPSA) is 66.2 Å². The van der Waals surface area contributed by atoms with Crippen LogP contribution in [-0.2, 0) is 13.1 Å². The van der Waals surface area contributed by atoms with Gasteiger partial charge in [-0.3, -0.25) is 0 Å². The zero-order chi connectivity index (χ0) is 18.5. The van der Waals surface area contributed by atoms with Crippen LogP contribution in [0.3, 0.4) is 0 Å². The molecule has 0 atom stereocenters. The fourth-order valence-electron chi connectivity index (χ4n) is 3.42. The summed E-state index contributed by atoms with van der Waals surface area (Å²) in [6.45, 7) is 3.39. The quantitative estimate of drug-likeness (QED) is 0.675. The molecule has 140 valence electrons. The summed E-state index contributed by atoms with van der Waals surface area (Å²) >= 11 is 0. The van der Waals surface area contributed by atoms with Crippen LogP contribution < -0.4 is 10.2 Å². The van der Waals surface area contributed by atoms with Crippen molar-refractivity contribution in [1.29, 1.82) is 0 Å². The van der Waals surface area contributed by atoms with Crippen molar-refractivity contribution in [3.05, 3.63) is 60.3 Å². The molecule has 27 heavy (non-hydrogen) atoms. The van der Waals surface area contributed by atoms with Crippen LogP contribution in [0.15, 0.2) is 54.7 Å². The molecule has 4 rings (SSSR count). The highest BCUT2D eigenvalue weighted by atomic mass is 16.3. The molecule has 6 heteroatoms. The minimum Gasteiger partial charge on any atom is -0.394 e. The second-order valence-electron chi connectivity index (χ2n) is 6.80. The lowest BCUT2D eigenvalue weighted by molar-refractivity contribution is 0.270. The molecule has 2 N–H and O–H groups in total. The van der Waals surface area contributed by atoms with Crippen LogP contribution in [0.4, 0.5) is 11.6 Å². The normalized spacial score (nSPS) is 13.9. The average molecular weight is 363 g/mol. The summed E-state index contributed by atoms with van der Waals surface area (Å²) < 4.78 is 1.81. The molecule has 0 bridgehead atoms. The third kappa shape index (κ3) is 4.11. The van der Waals surface area contributed by atoms with E-state index in [1.54, 1.807) is 0 Å². The summed E-state index contributed by atoms with van der Waals surface area (Å²) in [5, 5.41) is 17.4. The standard InChI is InChI=1S/C21H25N5O/c27-13-12-26-21(14-19(24-26)18-6-2-1-3-7-18)23-16-17-8-9-20(22-15-17)25-10-4-5-11-25/h1-3,6-9,14-15,23,27H,4-5,10-13,16H2. The Morgan fingerprint density at radius 2 is 1.85 bits per heavy atom. The summed E-state index contributed by atoms with van der Waals surface area (Å²) in [6, 6.07) is 16.3. The van der Waals surface area contributed by atoms with Crippen LogP contribution in [0.25, 0.3) is 11.3 Å². The predicted octanol–water partition coefficient (Wildman–Crippen LogP) is 3.15. The third-order valence-corrected chi connectivity index (χ3v) is 4.87. The molecule has 6 nitrogen and oxygen atoms in total. The van der Waals surface area contributed by atoms with Gasteiger partial charge in [0.25, 0.3) is 0 Å². The highest BCUT2D eigenvalue weighted by molar-refractivity contribution is 5.63. The first-order valence-electron chi connectivity index (χ1n) is 9.51. The largest absolute Gasteiger partial charge is 0.394 e. The van der Waals surface area contributed by atoms with Crippen molar-refractivity contribution in [2.75, 3.05) is 29.9 Å². The van der Waals surface area contributed by atoms with Crippen molar-refractivity contribution in [1.82, 2.24) is 14.8 Å². The zero-order valence-electron chi connectivity index (χ0n) is 15.4. The van der Waals surface area contributed by atoms with E-state index in [1.165, 1.54) is 12.8 Å². The van der Waals surface area contributed by atoms with E-state index in [0.717, 1.165) is 41.5 Å².